The molecule has 3 N–H and O–H groups in total. The smallest absolute Gasteiger partial charge is 0.250 e. The molecule has 0 bridgehead atoms. The number of pyridine rings is 1. The summed E-state index contributed by atoms with van der Waals surface area (Å²) in [6.07, 6.45) is 4.38. The van der Waals surface area contributed by atoms with Gasteiger partial charge in [-0.3, -0.25) is 9.69 Å². The molecule has 1 aromatic carbocycles. The topological polar surface area (TPSA) is 93.5 Å². The van der Waals surface area contributed by atoms with E-state index in [0.717, 1.165) is 56.0 Å². The highest BCUT2D eigenvalue weighted by atomic mass is 16.5. The number of benzene rings is 1. The zero-order valence-corrected chi connectivity index (χ0v) is 15.7. The van der Waals surface area contributed by atoms with Crippen molar-refractivity contribution in [3.63, 3.8) is 0 Å². The molecule has 1 saturated heterocycles. The van der Waals surface area contributed by atoms with Crippen LogP contribution in [0.3, 0.4) is 0 Å². The number of ether oxygens (including phenoxy) is 2. The van der Waals surface area contributed by atoms with Crippen LogP contribution in [0, 0.1) is 0 Å². The first-order valence-electron chi connectivity index (χ1n) is 9.51. The maximum Gasteiger partial charge on any atom is 0.250 e. The molecule has 1 aliphatic rings. The number of morpholine rings is 1. The summed E-state index contributed by atoms with van der Waals surface area (Å²) in [7, 11) is 0. The van der Waals surface area contributed by atoms with Gasteiger partial charge in [0.1, 0.15) is 11.4 Å². The number of carbonyl (C=O) groups is 1. The summed E-state index contributed by atoms with van der Waals surface area (Å²) in [6.45, 7) is 5.23. The van der Waals surface area contributed by atoms with E-state index in [4.69, 9.17) is 15.2 Å². The van der Waals surface area contributed by atoms with Crippen LogP contribution in [-0.4, -0.2) is 60.2 Å². The molecule has 0 saturated carbocycles. The van der Waals surface area contributed by atoms with E-state index in [2.05, 4.69) is 14.9 Å². The van der Waals surface area contributed by atoms with E-state index in [1.54, 1.807) is 12.4 Å². The number of aromatic amines is 1. The van der Waals surface area contributed by atoms with Gasteiger partial charge in [0.05, 0.1) is 25.4 Å². The fraction of sp³-hybridized carbons (Fsp3) is 0.333. The van der Waals surface area contributed by atoms with Crippen molar-refractivity contribution in [2.75, 3.05) is 39.5 Å². The second-order valence-electron chi connectivity index (χ2n) is 6.83. The lowest BCUT2D eigenvalue weighted by Gasteiger charge is -2.26. The predicted molar refractivity (Wildman–Crippen MR) is 107 cm³/mol. The van der Waals surface area contributed by atoms with Gasteiger partial charge in [-0.05, 0) is 30.2 Å². The van der Waals surface area contributed by atoms with Crippen LogP contribution in [0.4, 0.5) is 0 Å². The largest absolute Gasteiger partial charge is 0.494 e. The Balaban J connectivity index is 1.47. The number of rotatable bonds is 7. The maximum atomic E-state index is 12.1. The minimum atomic E-state index is -0.473. The number of H-pyrrole nitrogens is 1. The van der Waals surface area contributed by atoms with Crippen molar-refractivity contribution < 1.29 is 14.3 Å². The molecule has 3 aromatic rings. The lowest BCUT2D eigenvalue weighted by molar-refractivity contribution is 0.0358. The summed E-state index contributed by atoms with van der Waals surface area (Å²) in [5.74, 6) is 0.294. The highest BCUT2D eigenvalue weighted by Crippen LogP contribution is 2.30. The van der Waals surface area contributed by atoms with Crippen molar-refractivity contribution in [2.24, 2.45) is 5.73 Å². The average molecular weight is 380 g/mol. The lowest BCUT2D eigenvalue weighted by Crippen LogP contribution is -2.37. The molecule has 0 unspecified atom stereocenters. The molecule has 2 aromatic heterocycles. The van der Waals surface area contributed by atoms with Gasteiger partial charge in [0.2, 0.25) is 5.91 Å². The Morgan fingerprint density at radius 3 is 2.96 bits per heavy atom. The molecule has 0 radical (unpaired) electrons. The van der Waals surface area contributed by atoms with Crippen LogP contribution in [0.5, 0.6) is 5.75 Å². The standard InChI is InChI=1S/C21H24N4O3/c22-20(26)19-17-5-6-23-21(17)24-14-18(19)15-3-1-4-16(13-15)28-10-2-7-25-8-11-27-12-9-25/h1,3-6,13-14H,2,7-12H2,(H2,22,26)(H,23,24). The second-order valence-corrected chi connectivity index (χ2v) is 6.83. The van der Waals surface area contributed by atoms with Crippen LogP contribution in [0.2, 0.25) is 0 Å². The van der Waals surface area contributed by atoms with Gasteiger partial charge in [-0.2, -0.15) is 0 Å². The fourth-order valence-electron chi connectivity index (χ4n) is 3.55. The van der Waals surface area contributed by atoms with Crippen LogP contribution in [0.1, 0.15) is 16.8 Å². The Hall–Kier alpha value is -2.90. The number of primary amides is 1. The Morgan fingerprint density at radius 1 is 1.29 bits per heavy atom. The minimum Gasteiger partial charge on any atom is -0.494 e. The summed E-state index contributed by atoms with van der Waals surface area (Å²) >= 11 is 0. The molecular formula is C21H24N4O3. The maximum absolute atomic E-state index is 12.1. The van der Waals surface area contributed by atoms with Crippen LogP contribution in [-0.2, 0) is 4.74 Å². The quantitative estimate of drug-likeness (QED) is 0.614. The van der Waals surface area contributed by atoms with Gasteiger partial charge < -0.3 is 20.2 Å². The molecule has 1 aliphatic heterocycles. The van der Waals surface area contributed by atoms with Crippen molar-refractivity contribution in [1.29, 1.82) is 0 Å². The van der Waals surface area contributed by atoms with Crippen molar-refractivity contribution in [3.05, 3.63) is 48.3 Å². The summed E-state index contributed by atoms with van der Waals surface area (Å²) in [4.78, 5) is 21.9. The van der Waals surface area contributed by atoms with Gasteiger partial charge >= 0.3 is 0 Å². The number of nitrogens with zero attached hydrogens (tertiary/aromatic N) is 2. The monoisotopic (exact) mass is 380 g/mol. The van der Waals surface area contributed by atoms with Crippen LogP contribution in [0.25, 0.3) is 22.2 Å². The zero-order chi connectivity index (χ0) is 19.3. The van der Waals surface area contributed by atoms with Gasteiger partial charge in [-0.15, -0.1) is 0 Å². The molecule has 0 aliphatic carbocycles. The van der Waals surface area contributed by atoms with Gasteiger partial charge in [0.15, 0.2) is 0 Å². The number of amides is 1. The predicted octanol–water partition coefficient (Wildman–Crippen LogP) is 2.43. The summed E-state index contributed by atoms with van der Waals surface area (Å²) in [5.41, 5.74) is 8.34. The second kappa shape index (κ2) is 8.41. The normalized spacial score (nSPS) is 15.0. The van der Waals surface area contributed by atoms with Crippen molar-refractivity contribution in [1.82, 2.24) is 14.9 Å². The highest BCUT2D eigenvalue weighted by molar-refractivity contribution is 6.10. The number of hydrogen-bond acceptors (Lipinski definition) is 5. The third-order valence-electron chi connectivity index (χ3n) is 4.97. The number of nitrogens with one attached hydrogen (secondary N) is 1. The highest BCUT2D eigenvalue weighted by Gasteiger charge is 2.16. The van der Waals surface area contributed by atoms with E-state index in [0.29, 0.717) is 23.4 Å². The molecule has 28 heavy (non-hydrogen) atoms. The first kappa shape index (κ1) is 18.5. The number of nitrogens with two attached hydrogens (primary N) is 1. The molecule has 7 nitrogen and oxygen atoms in total. The van der Waals surface area contributed by atoms with Crippen molar-refractivity contribution in [2.45, 2.75) is 6.42 Å². The molecule has 7 heteroatoms. The first-order valence-corrected chi connectivity index (χ1v) is 9.51. The molecule has 3 heterocycles. The van der Waals surface area contributed by atoms with Crippen molar-refractivity contribution in [3.8, 4) is 16.9 Å². The number of aromatic nitrogens is 2. The molecule has 1 fully saturated rings. The van der Waals surface area contributed by atoms with E-state index in [9.17, 15) is 4.79 Å². The van der Waals surface area contributed by atoms with Gasteiger partial charge in [-0.1, -0.05) is 12.1 Å². The summed E-state index contributed by atoms with van der Waals surface area (Å²) < 4.78 is 11.3. The Labute approximate surface area is 163 Å². The third kappa shape index (κ3) is 4.00. The van der Waals surface area contributed by atoms with Crippen molar-refractivity contribution >= 4 is 16.9 Å². The lowest BCUT2D eigenvalue weighted by atomic mass is 9.99. The molecule has 146 valence electrons. The zero-order valence-electron chi connectivity index (χ0n) is 15.7. The third-order valence-corrected chi connectivity index (χ3v) is 4.97. The first-order chi connectivity index (χ1) is 13.7. The fourth-order valence-corrected chi connectivity index (χ4v) is 3.55. The van der Waals surface area contributed by atoms with E-state index < -0.39 is 5.91 Å². The Bertz CT molecular complexity index is 963. The number of fused-ring (bicyclic) bond motifs is 1. The summed E-state index contributed by atoms with van der Waals surface area (Å²) in [5, 5.41) is 0.724. The molecule has 0 atom stereocenters. The van der Waals surface area contributed by atoms with E-state index >= 15 is 0 Å². The van der Waals surface area contributed by atoms with Crippen LogP contribution >= 0.6 is 0 Å². The van der Waals surface area contributed by atoms with E-state index in [1.165, 1.54) is 0 Å². The Morgan fingerprint density at radius 2 is 2.14 bits per heavy atom. The van der Waals surface area contributed by atoms with Crippen LogP contribution < -0.4 is 10.5 Å². The van der Waals surface area contributed by atoms with Crippen LogP contribution in [0.15, 0.2) is 42.7 Å². The van der Waals surface area contributed by atoms with Gasteiger partial charge in [0.25, 0.3) is 0 Å². The van der Waals surface area contributed by atoms with Gasteiger partial charge in [-0.25, -0.2) is 4.98 Å². The van der Waals surface area contributed by atoms with Gasteiger partial charge in [0, 0.05) is 43.0 Å². The Kier molecular flexibility index (Phi) is 5.55. The molecule has 4 rings (SSSR count). The minimum absolute atomic E-state index is 0.468. The average Bonchev–Trinajstić information content (AvgIpc) is 3.20. The van der Waals surface area contributed by atoms with E-state index in [-0.39, 0.29) is 0 Å². The molecule has 1 amide bonds. The number of carbonyl (C=O) groups excluding carboxylic acids is 1. The SMILES string of the molecule is NC(=O)c1c(-c2cccc(OCCCN3CCOCC3)c2)cnc2[nH]ccc12. The molecular weight excluding hydrogens is 356 g/mol. The number of hydrogen-bond donors (Lipinski definition) is 2. The molecule has 0 spiro atoms. The summed E-state index contributed by atoms with van der Waals surface area (Å²) in [6, 6.07) is 9.51. The van der Waals surface area contributed by atoms with E-state index in [1.807, 2.05) is 30.3 Å².